The summed E-state index contributed by atoms with van der Waals surface area (Å²) in [7, 11) is 1.88. The number of nitrogens with one attached hydrogen (secondary N) is 2. The maximum Gasteiger partial charge on any atom is 0.135 e. The molecule has 5 nitrogen and oxygen atoms in total. The molecule has 0 saturated carbocycles. The van der Waals surface area contributed by atoms with Crippen molar-refractivity contribution in [3.8, 4) is 0 Å². The van der Waals surface area contributed by atoms with Crippen molar-refractivity contribution >= 4 is 11.6 Å². The third-order valence-corrected chi connectivity index (χ3v) is 3.57. The third kappa shape index (κ3) is 3.82. The van der Waals surface area contributed by atoms with Gasteiger partial charge in [-0.15, -0.1) is 0 Å². The SMILES string of the molecule is CNc1cc(NC2CCOC(C)(C)C2)nc(C(C)C)n1. The van der Waals surface area contributed by atoms with Crippen molar-refractivity contribution in [2.75, 3.05) is 24.3 Å². The summed E-state index contributed by atoms with van der Waals surface area (Å²) in [6.07, 6.45) is 2.00. The molecule has 1 aliphatic heterocycles. The monoisotopic (exact) mass is 278 g/mol. The van der Waals surface area contributed by atoms with E-state index >= 15 is 0 Å². The average Bonchev–Trinajstić information content (AvgIpc) is 2.37. The Kier molecular flexibility index (Phi) is 4.48. The highest BCUT2D eigenvalue weighted by Crippen LogP contribution is 2.26. The van der Waals surface area contributed by atoms with Crippen LogP contribution in [-0.2, 0) is 4.74 Å². The Hall–Kier alpha value is -1.36. The van der Waals surface area contributed by atoms with E-state index in [4.69, 9.17) is 4.74 Å². The molecule has 0 bridgehead atoms. The molecule has 5 heteroatoms. The Morgan fingerprint density at radius 2 is 2.00 bits per heavy atom. The number of anilines is 2. The van der Waals surface area contributed by atoms with E-state index in [0.717, 1.165) is 36.9 Å². The van der Waals surface area contributed by atoms with Gasteiger partial charge in [-0.3, -0.25) is 0 Å². The Morgan fingerprint density at radius 3 is 2.60 bits per heavy atom. The first-order valence-corrected chi connectivity index (χ1v) is 7.37. The summed E-state index contributed by atoms with van der Waals surface area (Å²) in [6.45, 7) is 9.29. The Balaban J connectivity index is 2.14. The lowest BCUT2D eigenvalue weighted by atomic mass is 9.94. The summed E-state index contributed by atoms with van der Waals surface area (Å²) in [5.41, 5.74) is -0.0599. The van der Waals surface area contributed by atoms with E-state index in [1.54, 1.807) is 0 Å². The van der Waals surface area contributed by atoms with Crippen LogP contribution in [0.4, 0.5) is 11.6 Å². The number of aromatic nitrogens is 2. The molecule has 0 radical (unpaired) electrons. The van der Waals surface area contributed by atoms with Gasteiger partial charge in [-0.1, -0.05) is 13.8 Å². The van der Waals surface area contributed by atoms with Gasteiger partial charge in [0.15, 0.2) is 0 Å². The van der Waals surface area contributed by atoms with Crippen LogP contribution in [0.25, 0.3) is 0 Å². The molecule has 1 saturated heterocycles. The molecule has 0 aliphatic carbocycles. The average molecular weight is 278 g/mol. The highest BCUT2D eigenvalue weighted by atomic mass is 16.5. The van der Waals surface area contributed by atoms with Crippen LogP contribution in [0.3, 0.4) is 0 Å². The van der Waals surface area contributed by atoms with Gasteiger partial charge in [-0.05, 0) is 26.7 Å². The summed E-state index contributed by atoms with van der Waals surface area (Å²) in [6, 6.07) is 2.37. The van der Waals surface area contributed by atoms with E-state index in [0.29, 0.717) is 12.0 Å². The lowest BCUT2D eigenvalue weighted by molar-refractivity contribution is -0.0553. The first kappa shape index (κ1) is 15.0. The molecule has 0 aromatic carbocycles. The van der Waals surface area contributed by atoms with E-state index < -0.39 is 0 Å². The van der Waals surface area contributed by atoms with Crippen molar-refractivity contribution in [1.29, 1.82) is 0 Å². The standard InChI is InChI=1S/C15H26N4O/c1-10(2)14-18-12(16-5)8-13(19-14)17-11-6-7-20-15(3,4)9-11/h8,10-11H,6-7,9H2,1-5H3,(H2,16,17,18,19). The molecule has 2 heterocycles. The smallest absolute Gasteiger partial charge is 0.135 e. The Labute approximate surface area is 121 Å². The number of ether oxygens (including phenoxy) is 1. The first-order valence-electron chi connectivity index (χ1n) is 7.37. The predicted octanol–water partition coefficient (Wildman–Crippen LogP) is 3.01. The van der Waals surface area contributed by atoms with E-state index in [1.807, 2.05) is 13.1 Å². The van der Waals surface area contributed by atoms with Gasteiger partial charge in [-0.25, -0.2) is 9.97 Å². The van der Waals surface area contributed by atoms with Crippen LogP contribution in [0.2, 0.25) is 0 Å². The van der Waals surface area contributed by atoms with Gasteiger partial charge in [0.05, 0.1) is 5.60 Å². The molecule has 2 rings (SSSR count). The minimum absolute atomic E-state index is 0.0599. The highest BCUT2D eigenvalue weighted by molar-refractivity contribution is 5.48. The number of hydrogen-bond acceptors (Lipinski definition) is 5. The molecule has 1 unspecified atom stereocenters. The largest absolute Gasteiger partial charge is 0.375 e. The van der Waals surface area contributed by atoms with Crippen LogP contribution in [0, 0.1) is 0 Å². The summed E-state index contributed by atoms with van der Waals surface area (Å²) < 4.78 is 5.75. The van der Waals surface area contributed by atoms with Crippen LogP contribution in [0.1, 0.15) is 52.3 Å². The molecule has 1 aromatic rings. The second kappa shape index (κ2) is 5.95. The maximum atomic E-state index is 5.75. The normalized spacial score (nSPS) is 21.8. The fourth-order valence-corrected chi connectivity index (χ4v) is 2.49. The lowest BCUT2D eigenvalue weighted by Crippen LogP contribution is -2.40. The molecular weight excluding hydrogens is 252 g/mol. The van der Waals surface area contributed by atoms with Crippen molar-refractivity contribution in [3.63, 3.8) is 0 Å². The minimum atomic E-state index is -0.0599. The number of rotatable bonds is 4. The topological polar surface area (TPSA) is 59.1 Å². The number of nitrogens with zero attached hydrogens (tertiary/aromatic N) is 2. The molecule has 0 amide bonds. The molecule has 2 N–H and O–H groups in total. The van der Waals surface area contributed by atoms with Crippen molar-refractivity contribution in [2.45, 2.75) is 58.1 Å². The molecule has 1 aromatic heterocycles. The van der Waals surface area contributed by atoms with Crippen molar-refractivity contribution in [3.05, 3.63) is 11.9 Å². The molecule has 112 valence electrons. The van der Waals surface area contributed by atoms with Gasteiger partial charge >= 0.3 is 0 Å². The van der Waals surface area contributed by atoms with Crippen LogP contribution in [0.5, 0.6) is 0 Å². The first-order chi connectivity index (χ1) is 9.39. The Morgan fingerprint density at radius 1 is 1.30 bits per heavy atom. The molecule has 20 heavy (non-hydrogen) atoms. The summed E-state index contributed by atoms with van der Waals surface area (Å²) in [5.74, 6) is 2.94. The van der Waals surface area contributed by atoms with Gasteiger partial charge in [0.1, 0.15) is 17.5 Å². The van der Waals surface area contributed by atoms with Crippen LogP contribution < -0.4 is 10.6 Å². The number of hydrogen-bond donors (Lipinski definition) is 2. The van der Waals surface area contributed by atoms with Gasteiger partial charge in [0.2, 0.25) is 0 Å². The molecule has 1 atom stereocenters. The van der Waals surface area contributed by atoms with Crippen LogP contribution >= 0.6 is 0 Å². The van der Waals surface area contributed by atoms with Gasteiger partial charge in [0, 0.05) is 31.7 Å². The highest BCUT2D eigenvalue weighted by Gasteiger charge is 2.29. The fourth-order valence-electron chi connectivity index (χ4n) is 2.49. The quantitative estimate of drug-likeness (QED) is 0.886. The van der Waals surface area contributed by atoms with Gasteiger partial charge in [0.25, 0.3) is 0 Å². The van der Waals surface area contributed by atoms with E-state index in [1.165, 1.54) is 0 Å². The zero-order valence-corrected chi connectivity index (χ0v) is 13.2. The summed E-state index contributed by atoms with van der Waals surface area (Å²) in [4.78, 5) is 9.11. The molecule has 1 aliphatic rings. The van der Waals surface area contributed by atoms with Crippen LogP contribution in [-0.4, -0.2) is 35.3 Å². The molecule has 0 spiro atoms. The van der Waals surface area contributed by atoms with Crippen LogP contribution in [0.15, 0.2) is 6.07 Å². The van der Waals surface area contributed by atoms with Crippen molar-refractivity contribution < 1.29 is 4.74 Å². The van der Waals surface area contributed by atoms with Crippen molar-refractivity contribution in [2.24, 2.45) is 0 Å². The molecule has 1 fully saturated rings. The second-order valence-electron chi connectivity index (χ2n) is 6.34. The lowest BCUT2D eigenvalue weighted by Gasteiger charge is -2.36. The van der Waals surface area contributed by atoms with Crippen molar-refractivity contribution in [1.82, 2.24) is 9.97 Å². The Bertz CT molecular complexity index is 459. The summed E-state index contributed by atoms with van der Waals surface area (Å²) in [5, 5.41) is 6.64. The second-order valence-corrected chi connectivity index (χ2v) is 6.34. The van der Waals surface area contributed by atoms with E-state index in [-0.39, 0.29) is 5.60 Å². The van der Waals surface area contributed by atoms with Gasteiger partial charge < -0.3 is 15.4 Å². The zero-order chi connectivity index (χ0) is 14.8. The summed E-state index contributed by atoms with van der Waals surface area (Å²) >= 11 is 0. The maximum absolute atomic E-state index is 5.75. The van der Waals surface area contributed by atoms with Gasteiger partial charge in [-0.2, -0.15) is 0 Å². The van der Waals surface area contributed by atoms with E-state index in [2.05, 4.69) is 48.3 Å². The third-order valence-electron chi connectivity index (χ3n) is 3.57. The fraction of sp³-hybridized carbons (Fsp3) is 0.733. The predicted molar refractivity (Wildman–Crippen MR) is 82.3 cm³/mol. The zero-order valence-electron chi connectivity index (χ0n) is 13.2. The molecular formula is C15H26N4O. The minimum Gasteiger partial charge on any atom is -0.375 e. The van der Waals surface area contributed by atoms with E-state index in [9.17, 15) is 0 Å².